The molecule has 1 aromatic heterocycles. The van der Waals surface area contributed by atoms with Crippen molar-refractivity contribution in [2.75, 3.05) is 17.7 Å². The molecule has 3 rings (SSSR count). The molecule has 11 heteroatoms. The summed E-state index contributed by atoms with van der Waals surface area (Å²) in [5.74, 6) is -2.39. The second kappa shape index (κ2) is 9.35. The second-order valence-electron chi connectivity index (χ2n) is 6.47. The summed E-state index contributed by atoms with van der Waals surface area (Å²) in [6, 6.07) is 10.0. The largest absolute Gasteiger partial charge is 0.465 e. The van der Waals surface area contributed by atoms with Gasteiger partial charge in [-0.2, -0.15) is 0 Å². The number of carbonyl (C=O) groups excluding carboxylic acids is 3. The fourth-order valence-corrected chi connectivity index (χ4v) is 3.88. The number of nitrogens with one attached hydrogen (secondary N) is 2. The van der Waals surface area contributed by atoms with Gasteiger partial charge in [-0.15, -0.1) is 11.3 Å². The lowest BCUT2D eigenvalue weighted by atomic mass is 10.1. The summed E-state index contributed by atoms with van der Waals surface area (Å²) in [6.45, 7) is 1.53. The van der Waals surface area contributed by atoms with Gasteiger partial charge in [0.1, 0.15) is 10.8 Å². The number of carbonyl (C=O) groups is 3. The van der Waals surface area contributed by atoms with E-state index in [0.717, 1.165) is 11.3 Å². The van der Waals surface area contributed by atoms with Gasteiger partial charge in [0, 0.05) is 23.4 Å². The molecular formula is C21H16FN3O6S. The summed E-state index contributed by atoms with van der Waals surface area (Å²) in [4.78, 5) is 48.0. The van der Waals surface area contributed by atoms with Crippen LogP contribution in [-0.4, -0.2) is 29.8 Å². The van der Waals surface area contributed by atoms with Crippen LogP contribution in [0.1, 0.15) is 36.0 Å². The topological polar surface area (TPSA) is 128 Å². The maximum absolute atomic E-state index is 13.1. The molecule has 2 aromatic carbocycles. The Morgan fingerprint density at radius 2 is 1.62 bits per heavy atom. The fraction of sp³-hybridized carbons (Fsp3) is 0.0952. The predicted octanol–water partition coefficient (Wildman–Crippen LogP) is 4.40. The number of nitrogens with zero attached hydrogens (tertiary/aromatic N) is 1. The average molecular weight is 457 g/mol. The molecule has 1 heterocycles. The Kier molecular flexibility index (Phi) is 6.59. The van der Waals surface area contributed by atoms with E-state index < -0.39 is 28.5 Å². The van der Waals surface area contributed by atoms with Gasteiger partial charge in [0.2, 0.25) is 0 Å². The van der Waals surface area contributed by atoms with Gasteiger partial charge < -0.3 is 15.4 Å². The van der Waals surface area contributed by atoms with Gasteiger partial charge in [-0.05, 0) is 48.9 Å². The van der Waals surface area contributed by atoms with E-state index in [1.807, 2.05) is 0 Å². The first-order valence-electron chi connectivity index (χ1n) is 9.05. The molecule has 0 aliphatic carbocycles. The molecule has 32 heavy (non-hydrogen) atoms. The third kappa shape index (κ3) is 4.78. The van der Waals surface area contributed by atoms with Gasteiger partial charge in [-0.3, -0.25) is 19.7 Å². The van der Waals surface area contributed by atoms with E-state index in [0.29, 0.717) is 11.3 Å². The van der Waals surface area contributed by atoms with Crippen LogP contribution < -0.4 is 10.6 Å². The van der Waals surface area contributed by atoms with Crippen LogP contribution in [0.2, 0.25) is 0 Å². The number of nitro benzene ring substituents is 1. The van der Waals surface area contributed by atoms with Crippen molar-refractivity contribution in [2.45, 2.75) is 6.92 Å². The summed E-state index contributed by atoms with van der Waals surface area (Å²) in [7, 11) is 1.17. The number of hydrogen-bond acceptors (Lipinski definition) is 7. The van der Waals surface area contributed by atoms with Crippen molar-refractivity contribution in [3.8, 4) is 0 Å². The molecule has 0 unspecified atom stereocenters. The SMILES string of the molecule is COC(=O)c1c(NC(=O)c2ccc([N+](=O)[O-])cc2)sc(C(=O)Nc2ccc(F)cc2)c1C. The standard InChI is InChI=1S/C21H16FN3O6S/c1-11-16(21(28)31-2)20(24-18(26)12-3-9-15(10-4-12)25(29)30)32-17(11)19(27)23-14-7-5-13(22)6-8-14/h3-10H,1-2H3,(H,23,27)(H,24,26). The Labute approximate surface area is 185 Å². The number of hydrogen-bond donors (Lipinski definition) is 2. The van der Waals surface area contributed by atoms with Crippen LogP contribution in [0.25, 0.3) is 0 Å². The number of benzene rings is 2. The van der Waals surface area contributed by atoms with E-state index >= 15 is 0 Å². The number of amides is 2. The highest BCUT2D eigenvalue weighted by Crippen LogP contribution is 2.34. The third-order valence-corrected chi connectivity index (χ3v) is 5.62. The Morgan fingerprint density at radius 3 is 2.19 bits per heavy atom. The summed E-state index contributed by atoms with van der Waals surface area (Å²) >= 11 is 0.864. The Bertz CT molecular complexity index is 1210. The number of halogens is 1. The maximum atomic E-state index is 13.1. The van der Waals surface area contributed by atoms with E-state index in [4.69, 9.17) is 4.74 Å². The van der Waals surface area contributed by atoms with Crippen LogP contribution in [0.4, 0.5) is 20.8 Å². The quantitative estimate of drug-likeness (QED) is 0.321. The molecule has 3 aromatic rings. The van der Waals surface area contributed by atoms with E-state index in [-0.39, 0.29) is 26.7 Å². The van der Waals surface area contributed by atoms with Crippen molar-refractivity contribution in [3.63, 3.8) is 0 Å². The van der Waals surface area contributed by atoms with Crippen molar-refractivity contribution in [3.05, 3.63) is 86.0 Å². The molecule has 0 atom stereocenters. The van der Waals surface area contributed by atoms with Crippen molar-refractivity contribution >= 4 is 45.5 Å². The summed E-state index contributed by atoms with van der Waals surface area (Å²) in [5.41, 5.74) is 0.594. The van der Waals surface area contributed by atoms with Gasteiger partial charge >= 0.3 is 5.97 Å². The zero-order valence-corrected chi connectivity index (χ0v) is 17.6. The molecule has 164 valence electrons. The number of rotatable bonds is 6. The zero-order chi connectivity index (χ0) is 23.4. The Morgan fingerprint density at radius 1 is 1.00 bits per heavy atom. The molecule has 9 nitrogen and oxygen atoms in total. The van der Waals surface area contributed by atoms with Gasteiger partial charge in [-0.25, -0.2) is 9.18 Å². The van der Waals surface area contributed by atoms with Crippen LogP contribution in [0.5, 0.6) is 0 Å². The van der Waals surface area contributed by atoms with Crippen LogP contribution >= 0.6 is 11.3 Å². The van der Waals surface area contributed by atoms with Gasteiger partial charge in [0.05, 0.1) is 22.5 Å². The monoisotopic (exact) mass is 457 g/mol. The molecule has 2 amide bonds. The van der Waals surface area contributed by atoms with Gasteiger partial charge in [0.15, 0.2) is 0 Å². The van der Waals surface area contributed by atoms with E-state index in [2.05, 4.69) is 10.6 Å². The molecule has 0 aliphatic heterocycles. The number of ether oxygens (including phenoxy) is 1. The highest BCUT2D eigenvalue weighted by molar-refractivity contribution is 7.19. The van der Waals surface area contributed by atoms with Crippen LogP contribution in [0.15, 0.2) is 48.5 Å². The normalized spacial score (nSPS) is 10.3. The van der Waals surface area contributed by atoms with Crippen LogP contribution in [0.3, 0.4) is 0 Å². The van der Waals surface area contributed by atoms with Crippen molar-refractivity contribution in [1.29, 1.82) is 0 Å². The van der Waals surface area contributed by atoms with E-state index in [1.165, 1.54) is 62.6 Å². The summed E-state index contributed by atoms with van der Waals surface area (Å²) < 4.78 is 17.9. The Balaban J connectivity index is 1.90. The zero-order valence-electron chi connectivity index (χ0n) is 16.8. The molecule has 2 N–H and O–H groups in total. The summed E-state index contributed by atoms with van der Waals surface area (Å²) in [6.07, 6.45) is 0. The fourth-order valence-electron chi connectivity index (χ4n) is 2.80. The van der Waals surface area contributed by atoms with Gasteiger partial charge in [-0.1, -0.05) is 0 Å². The smallest absolute Gasteiger partial charge is 0.341 e. The molecule has 0 saturated heterocycles. The average Bonchev–Trinajstić information content (AvgIpc) is 3.10. The lowest BCUT2D eigenvalue weighted by Gasteiger charge is -2.06. The van der Waals surface area contributed by atoms with Crippen molar-refractivity contribution in [1.82, 2.24) is 0 Å². The lowest BCUT2D eigenvalue weighted by Crippen LogP contribution is -2.14. The summed E-state index contributed by atoms with van der Waals surface area (Å²) in [5, 5.41) is 16.0. The van der Waals surface area contributed by atoms with E-state index in [9.17, 15) is 28.9 Å². The second-order valence-corrected chi connectivity index (χ2v) is 7.49. The third-order valence-electron chi connectivity index (χ3n) is 4.41. The molecule has 0 bridgehead atoms. The van der Waals surface area contributed by atoms with Gasteiger partial charge in [0.25, 0.3) is 17.5 Å². The minimum absolute atomic E-state index is 0.0111. The first-order valence-corrected chi connectivity index (χ1v) is 9.87. The molecule has 0 saturated carbocycles. The first-order chi connectivity index (χ1) is 15.2. The molecule has 0 spiro atoms. The maximum Gasteiger partial charge on any atom is 0.341 e. The molecule has 0 fully saturated rings. The van der Waals surface area contributed by atoms with Crippen molar-refractivity contribution in [2.24, 2.45) is 0 Å². The van der Waals surface area contributed by atoms with Crippen LogP contribution in [-0.2, 0) is 4.74 Å². The van der Waals surface area contributed by atoms with Crippen molar-refractivity contribution < 1.29 is 28.4 Å². The van der Waals surface area contributed by atoms with E-state index in [1.54, 1.807) is 0 Å². The minimum atomic E-state index is -0.751. The molecule has 0 radical (unpaired) electrons. The highest BCUT2D eigenvalue weighted by atomic mass is 32.1. The molecular weight excluding hydrogens is 441 g/mol. The minimum Gasteiger partial charge on any atom is -0.465 e. The number of thiophene rings is 1. The number of esters is 1. The predicted molar refractivity (Wildman–Crippen MR) is 116 cm³/mol. The number of methoxy groups -OCH3 is 1. The Hall–Kier alpha value is -4.12. The lowest BCUT2D eigenvalue weighted by molar-refractivity contribution is -0.384. The number of anilines is 2. The first kappa shape index (κ1) is 22.6. The molecule has 0 aliphatic rings. The number of nitro groups is 1. The van der Waals surface area contributed by atoms with Crippen LogP contribution in [0, 0.1) is 22.9 Å². The number of non-ortho nitro benzene ring substituents is 1. The highest BCUT2D eigenvalue weighted by Gasteiger charge is 2.26.